The first-order valence-corrected chi connectivity index (χ1v) is 14.1. The van der Waals surface area contributed by atoms with Crippen LogP contribution < -0.4 is 5.32 Å². The van der Waals surface area contributed by atoms with Gasteiger partial charge < -0.3 is 10.3 Å². The molecule has 0 unspecified atom stereocenters. The van der Waals surface area contributed by atoms with Crippen LogP contribution in [-0.4, -0.2) is 35.9 Å². The first kappa shape index (κ1) is 25.0. The molecular weight excluding hydrogens is 530 g/mol. The molecule has 0 aliphatic carbocycles. The molecule has 0 atom stereocenters. The van der Waals surface area contributed by atoms with Crippen molar-refractivity contribution < 1.29 is 4.79 Å². The number of carbonyl (C=O) groups is 1. The second-order valence-corrected chi connectivity index (χ2v) is 10.9. The lowest BCUT2D eigenvalue weighted by molar-refractivity contribution is 0.102. The normalized spacial score (nSPS) is 11.4. The van der Waals surface area contributed by atoms with E-state index in [1.54, 1.807) is 13.1 Å². The first-order chi connectivity index (χ1) is 20.1. The van der Waals surface area contributed by atoms with Crippen LogP contribution in [0.25, 0.3) is 55.2 Å². The average Bonchev–Trinajstić information content (AvgIpc) is 3.76. The van der Waals surface area contributed by atoms with Crippen molar-refractivity contribution in [2.75, 3.05) is 0 Å². The van der Waals surface area contributed by atoms with E-state index in [9.17, 15) is 4.79 Å². The first-order valence-electron chi connectivity index (χ1n) is 13.3. The van der Waals surface area contributed by atoms with Crippen LogP contribution in [0.1, 0.15) is 27.7 Å². The number of thiophene rings is 1. The summed E-state index contributed by atoms with van der Waals surface area (Å²) in [7, 11) is 0. The predicted molar refractivity (Wildman–Crippen MR) is 163 cm³/mol. The Labute approximate surface area is 239 Å². The Hall–Kier alpha value is -4.99. The molecule has 1 aromatic carbocycles. The van der Waals surface area contributed by atoms with Gasteiger partial charge in [-0.2, -0.15) is 5.10 Å². The van der Waals surface area contributed by atoms with Crippen molar-refractivity contribution in [2.24, 2.45) is 0 Å². The molecule has 3 N–H and O–H groups in total. The van der Waals surface area contributed by atoms with Gasteiger partial charge in [0.15, 0.2) is 5.78 Å². The highest BCUT2D eigenvalue weighted by atomic mass is 32.1. The number of aromatic nitrogens is 6. The van der Waals surface area contributed by atoms with E-state index in [0.29, 0.717) is 6.54 Å². The number of aromatic amines is 2. The van der Waals surface area contributed by atoms with Crippen molar-refractivity contribution in [1.82, 2.24) is 35.5 Å². The minimum atomic E-state index is 0.0530. The van der Waals surface area contributed by atoms with Crippen LogP contribution in [0.3, 0.4) is 0 Å². The highest BCUT2D eigenvalue weighted by Crippen LogP contribution is 2.35. The van der Waals surface area contributed by atoms with E-state index < -0.39 is 0 Å². The number of benzene rings is 1. The third-order valence-corrected chi connectivity index (χ3v) is 8.18. The lowest BCUT2D eigenvalue weighted by Gasteiger charge is -2.07. The fraction of sp³-hybridized carbons (Fsp3) is 0.0938. The average molecular weight is 556 g/mol. The zero-order valence-electron chi connectivity index (χ0n) is 22.2. The van der Waals surface area contributed by atoms with Gasteiger partial charge in [-0.1, -0.05) is 30.3 Å². The lowest BCUT2D eigenvalue weighted by Crippen LogP contribution is -2.12. The monoisotopic (exact) mass is 555 g/mol. The summed E-state index contributed by atoms with van der Waals surface area (Å²) >= 11 is 1.45. The van der Waals surface area contributed by atoms with Crippen molar-refractivity contribution >= 4 is 39.1 Å². The van der Waals surface area contributed by atoms with Crippen molar-refractivity contribution in [2.45, 2.75) is 20.0 Å². The SMILES string of the molecule is CC(=O)c1ccc(-c2nccc3[nH]c(-c4n[nH]c5ccc(-c6cncc(CNCc7ccccc7)c6)nc45)cc23)s1. The molecule has 0 radical (unpaired) electrons. The smallest absolute Gasteiger partial charge is 0.169 e. The predicted octanol–water partition coefficient (Wildman–Crippen LogP) is 6.78. The maximum Gasteiger partial charge on any atom is 0.169 e. The molecule has 7 rings (SSSR count). The molecule has 0 fully saturated rings. The van der Waals surface area contributed by atoms with Gasteiger partial charge >= 0.3 is 0 Å². The molecular formula is C32H25N7OS. The van der Waals surface area contributed by atoms with Crippen molar-refractivity contribution in [3.05, 3.63) is 107 Å². The summed E-state index contributed by atoms with van der Waals surface area (Å²) in [5, 5.41) is 12.2. The topological polar surface area (TPSA) is 112 Å². The van der Waals surface area contributed by atoms with Gasteiger partial charge in [0.25, 0.3) is 0 Å². The molecule has 0 aliphatic heterocycles. The maximum atomic E-state index is 11.8. The summed E-state index contributed by atoms with van der Waals surface area (Å²) < 4.78 is 0. The number of ketones is 1. The molecule has 6 aromatic heterocycles. The second kappa shape index (κ2) is 10.5. The molecule has 0 saturated carbocycles. The summed E-state index contributed by atoms with van der Waals surface area (Å²) in [6.45, 7) is 3.08. The van der Waals surface area contributed by atoms with Crippen molar-refractivity contribution in [1.29, 1.82) is 0 Å². The Bertz CT molecular complexity index is 2020. The Morgan fingerprint density at radius 1 is 0.902 bits per heavy atom. The van der Waals surface area contributed by atoms with Crippen molar-refractivity contribution in [3.63, 3.8) is 0 Å². The number of hydrogen-bond acceptors (Lipinski definition) is 7. The molecule has 0 spiro atoms. The number of fused-ring (bicyclic) bond motifs is 2. The van der Waals surface area contributed by atoms with Crippen LogP contribution in [0.5, 0.6) is 0 Å². The standard InChI is InChI=1S/C32H25N7OS/c1-19(40)28-9-10-29(41-28)30-23-14-27(36-25(23)11-12-35-30)32-31-26(38-39-32)8-7-24(37-31)22-13-21(17-34-18-22)16-33-15-20-5-3-2-4-6-20/h2-14,17-18,33,36H,15-16H2,1H3,(H,38,39). The molecule has 7 aromatic rings. The van der Waals surface area contributed by atoms with E-state index in [0.717, 1.165) is 72.1 Å². The Morgan fingerprint density at radius 3 is 2.63 bits per heavy atom. The Morgan fingerprint density at radius 2 is 1.78 bits per heavy atom. The minimum Gasteiger partial charge on any atom is -0.353 e. The van der Waals surface area contributed by atoms with Crippen LogP contribution >= 0.6 is 11.3 Å². The third-order valence-electron chi connectivity index (χ3n) is 6.99. The van der Waals surface area contributed by atoms with Gasteiger partial charge in [0.1, 0.15) is 11.2 Å². The van der Waals surface area contributed by atoms with Crippen LogP contribution in [0, 0.1) is 0 Å². The molecule has 9 heteroatoms. The molecule has 0 bridgehead atoms. The molecule has 8 nitrogen and oxygen atoms in total. The Balaban J connectivity index is 1.19. The van der Waals surface area contributed by atoms with Gasteiger partial charge in [-0.25, -0.2) is 4.98 Å². The fourth-order valence-corrected chi connectivity index (χ4v) is 5.86. The van der Waals surface area contributed by atoms with Crippen LogP contribution in [-0.2, 0) is 13.1 Å². The minimum absolute atomic E-state index is 0.0530. The molecule has 0 aliphatic rings. The van der Waals surface area contributed by atoms with E-state index in [-0.39, 0.29) is 5.78 Å². The zero-order chi connectivity index (χ0) is 27.8. The second-order valence-electron chi connectivity index (χ2n) is 9.86. The van der Waals surface area contributed by atoms with Gasteiger partial charge in [0.2, 0.25) is 0 Å². The molecule has 0 amide bonds. The number of nitrogens with one attached hydrogen (secondary N) is 3. The van der Waals surface area contributed by atoms with E-state index in [4.69, 9.17) is 4.98 Å². The quantitative estimate of drug-likeness (QED) is 0.178. The van der Waals surface area contributed by atoms with Gasteiger partial charge in [-0.3, -0.25) is 19.9 Å². The number of H-pyrrole nitrogens is 2. The number of hydrogen-bond donors (Lipinski definition) is 3. The summed E-state index contributed by atoms with van der Waals surface area (Å²) in [5.41, 5.74) is 9.06. The maximum absolute atomic E-state index is 11.8. The molecule has 6 heterocycles. The third kappa shape index (κ3) is 4.93. The van der Waals surface area contributed by atoms with Gasteiger partial charge in [0.05, 0.1) is 32.4 Å². The van der Waals surface area contributed by atoms with Gasteiger partial charge in [-0.15, -0.1) is 11.3 Å². The summed E-state index contributed by atoms with van der Waals surface area (Å²) in [6, 6.07) is 24.2. The van der Waals surface area contributed by atoms with Crippen LogP contribution in [0.15, 0.2) is 91.4 Å². The fourth-order valence-electron chi connectivity index (χ4n) is 4.95. The number of rotatable bonds is 8. The van der Waals surface area contributed by atoms with Crippen molar-refractivity contribution in [3.8, 4) is 33.2 Å². The van der Waals surface area contributed by atoms with Gasteiger partial charge in [0, 0.05) is 48.1 Å². The zero-order valence-corrected chi connectivity index (χ0v) is 23.0. The van der Waals surface area contributed by atoms with Crippen LogP contribution in [0.4, 0.5) is 0 Å². The van der Waals surface area contributed by atoms with E-state index >= 15 is 0 Å². The summed E-state index contributed by atoms with van der Waals surface area (Å²) in [6.07, 6.45) is 5.50. The summed E-state index contributed by atoms with van der Waals surface area (Å²) in [5.74, 6) is 0.0530. The van der Waals surface area contributed by atoms with Gasteiger partial charge in [-0.05, 0) is 60.5 Å². The number of pyridine rings is 3. The van der Waals surface area contributed by atoms with E-state index in [1.807, 2.05) is 60.9 Å². The van der Waals surface area contributed by atoms with E-state index in [1.165, 1.54) is 16.9 Å². The highest BCUT2D eigenvalue weighted by molar-refractivity contribution is 7.17. The Kier molecular flexibility index (Phi) is 6.42. The molecule has 41 heavy (non-hydrogen) atoms. The number of nitrogens with zero attached hydrogens (tertiary/aromatic N) is 4. The highest BCUT2D eigenvalue weighted by Gasteiger charge is 2.17. The number of carbonyl (C=O) groups excluding carboxylic acids is 1. The molecule has 200 valence electrons. The number of Topliss-reactive ketones (excluding diaryl/α,β-unsaturated/α-hetero) is 1. The molecule has 0 saturated heterocycles. The van der Waals surface area contributed by atoms with Crippen LogP contribution in [0.2, 0.25) is 0 Å². The summed E-state index contributed by atoms with van der Waals surface area (Å²) in [4.78, 5) is 31.1. The lowest BCUT2D eigenvalue weighted by atomic mass is 10.1. The van der Waals surface area contributed by atoms with E-state index in [2.05, 4.69) is 54.7 Å². The largest absolute Gasteiger partial charge is 0.353 e.